The second-order valence-electron chi connectivity index (χ2n) is 6.32. The van der Waals surface area contributed by atoms with Crippen LogP contribution >= 0.6 is 0 Å². The van der Waals surface area contributed by atoms with Crippen molar-refractivity contribution >= 4 is 11.9 Å². The first-order valence-corrected chi connectivity index (χ1v) is 7.27. The van der Waals surface area contributed by atoms with Crippen LogP contribution in [0.3, 0.4) is 0 Å². The maximum Gasteiger partial charge on any atom is 0.407 e. The summed E-state index contributed by atoms with van der Waals surface area (Å²) in [6, 6.07) is 0. The van der Waals surface area contributed by atoms with E-state index in [9.17, 15) is 9.59 Å². The van der Waals surface area contributed by atoms with Gasteiger partial charge in [0.05, 0.1) is 0 Å². The van der Waals surface area contributed by atoms with E-state index in [0.29, 0.717) is 18.0 Å². The normalized spacial score (nSPS) is 12.7. The quantitative estimate of drug-likeness (QED) is 0.656. The zero-order valence-electron chi connectivity index (χ0n) is 13.5. The van der Waals surface area contributed by atoms with Crippen LogP contribution in [0.4, 0.5) is 4.79 Å². The van der Waals surface area contributed by atoms with Gasteiger partial charge >= 0.3 is 6.09 Å². The van der Waals surface area contributed by atoms with Gasteiger partial charge in [-0.3, -0.25) is 4.79 Å². The van der Waals surface area contributed by atoms with Gasteiger partial charge in [0.2, 0.25) is 0 Å². The van der Waals surface area contributed by atoms with Gasteiger partial charge in [0.25, 0.3) is 0 Å². The highest BCUT2D eigenvalue weighted by molar-refractivity contribution is 5.94. The largest absolute Gasteiger partial charge is 0.449 e. The minimum atomic E-state index is -0.461. The van der Waals surface area contributed by atoms with Crippen molar-refractivity contribution in [3.8, 4) is 0 Å². The highest BCUT2D eigenvalue weighted by Crippen LogP contribution is 2.25. The number of hydrogen-bond acceptors (Lipinski definition) is 3. The summed E-state index contributed by atoms with van der Waals surface area (Å²) in [5, 5.41) is 2.76. The monoisotopic (exact) mass is 283 g/mol. The van der Waals surface area contributed by atoms with Crippen LogP contribution in [-0.4, -0.2) is 25.0 Å². The zero-order chi connectivity index (χ0) is 15.8. The Labute approximate surface area is 123 Å². The van der Waals surface area contributed by atoms with Crippen molar-refractivity contribution in [1.82, 2.24) is 5.32 Å². The lowest BCUT2D eigenvalue weighted by Crippen LogP contribution is -2.35. The Kier molecular flexibility index (Phi) is 8.19. The van der Waals surface area contributed by atoms with Gasteiger partial charge in [-0.05, 0) is 30.3 Å². The summed E-state index contributed by atoms with van der Waals surface area (Å²) >= 11 is 0. The molecule has 0 aliphatic rings. The number of ether oxygens (including phenoxy) is 1. The van der Waals surface area contributed by atoms with Crippen molar-refractivity contribution in [2.75, 3.05) is 13.2 Å². The van der Waals surface area contributed by atoms with Crippen molar-refractivity contribution < 1.29 is 14.3 Å². The van der Waals surface area contributed by atoms with E-state index in [-0.39, 0.29) is 24.2 Å². The molecular formula is C16H29NO3. The maximum absolute atomic E-state index is 11.5. The van der Waals surface area contributed by atoms with Gasteiger partial charge in [-0.25, -0.2) is 4.79 Å². The Hall–Kier alpha value is -1.32. The molecule has 0 rings (SSSR count). The molecule has 0 aliphatic carbocycles. The molecule has 0 heterocycles. The number of carbonyl (C=O) groups is 2. The molecular weight excluding hydrogens is 254 g/mol. The lowest BCUT2D eigenvalue weighted by molar-refractivity contribution is -0.116. The second kappa shape index (κ2) is 8.77. The van der Waals surface area contributed by atoms with E-state index >= 15 is 0 Å². The van der Waals surface area contributed by atoms with Crippen molar-refractivity contribution in [2.45, 2.75) is 53.9 Å². The number of ketones is 1. The predicted octanol–water partition coefficient (Wildman–Crippen LogP) is 3.71. The number of hydrogen-bond donors (Lipinski definition) is 1. The third kappa shape index (κ3) is 8.73. The van der Waals surface area contributed by atoms with Gasteiger partial charge in [-0.1, -0.05) is 40.7 Å². The molecule has 0 spiro atoms. The SMILES string of the molecule is C=C(C)C(=O)CCOC(=O)NCC(C)(C)CC(C)CC. The van der Waals surface area contributed by atoms with E-state index < -0.39 is 6.09 Å². The fraction of sp³-hybridized carbons (Fsp3) is 0.750. The van der Waals surface area contributed by atoms with Gasteiger partial charge in [-0.2, -0.15) is 0 Å². The van der Waals surface area contributed by atoms with Gasteiger partial charge in [0, 0.05) is 13.0 Å². The molecule has 116 valence electrons. The molecule has 1 atom stereocenters. The van der Waals surface area contributed by atoms with E-state index in [1.54, 1.807) is 6.92 Å². The highest BCUT2D eigenvalue weighted by Gasteiger charge is 2.21. The fourth-order valence-electron chi connectivity index (χ4n) is 1.97. The van der Waals surface area contributed by atoms with E-state index in [1.807, 2.05) is 0 Å². The van der Waals surface area contributed by atoms with Crippen molar-refractivity contribution in [3.05, 3.63) is 12.2 Å². The van der Waals surface area contributed by atoms with Crippen molar-refractivity contribution in [2.24, 2.45) is 11.3 Å². The number of carbonyl (C=O) groups excluding carboxylic acids is 2. The average Bonchev–Trinajstić information content (AvgIpc) is 2.35. The van der Waals surface area contributed by atoms with Crippen LogP contribution < -0.4 is 5.32 Å². The van der Waals surface area contributed by atoms with Gasteiger partial charge in [0.15, 0.2) is 5.78 Å². The van der Waals surface area contributed by atoms with Crippen LogP contribution in [0.1, 0.15) is 53.9 Å². The Bertz CT molecular complexity index is 348. The molecule has 0 aromatic heterocycles. The molecule has 0 aromatic rings. The minimum absolute atomic E-state index is 0.0436. The minimum Gasteiger partial charge on any atom is -0.449 e. The predicted molar refractivity (Wildman–Crippen MR) is 81.6 cm³/mol. The molecule has 0 radical (unpaired) electrons. The van der Waals surface area contributed by atoms with Crippen molar-refractivity contribution in [1.29, 1.82) is 0 Å². The Balaban J connectivity index is 3.92. The number of alkyl carbamates (subject to hydrolysis) is 1. The topological polar surface area (TPSA) is 55.4 Å². The molecule has 1 N–H and O–H groups in total. The molecule has 0 saturated carbocycles. The molecule has 4 heteroatoms. The number of rotatable bonds is 9. The van der Waals surface area contributed by atoms with Crippen LogP contribution in [-0.2, 0) is 9.53 Å². The Morgan fingerprint density at radius 3 is 2.45 bits per heavy atom. The molecule has 20 heavy (non-hydrogen) atoms. The second-order valence-corrected chi connectivity index (χ2v) is 6.32. The van der Waals surface area contributed by atoms with Crippen LogP contribution in [0, 0.1) is 11.3 Å². The number of amides is 1. The van der Waals surface area contributed by atoms with Gasteiger partial charge in [-0.15, -0.1) is 0 Å². The third-order valence-corrected chi connectivity index (χ3v) is 3.35. The molecule has 0 saturated heterocycles. The Morgan fingerprint density at radius 2 is 1.95 bits per heavy atom. The van der Waals surface area contributed by atoms with Crippen LogP contribution in [0.5, 0.6) is 0 Å². The Morgan fingerprint density at radius 1 is 1.35 bits per heavy atom. The summed E-state index contributed by atoms with van der Waals surface area (Å²) in [6.07, 6.45) is 1.92. The average molecular weight is 283 g/mol. The summed E-state index contributed by atoms with van der Waals surface area (Å²) in [5.41, 5.74) is 0.533. The lowest BCUT2D eigenvalue weighted by Gasteiger charge is -2.27. The van der Waals surface area contributed by atoms with E-state index in [4.69, 9.17) is 4.74 Å². The molecule has 0 bridgehead atoms. The number of nitrogens with one attached hydrogen (secondary N) is 1. The fourth-order valence-corrected chi connectivity index (χ4v) is 1.97. The molecule has 4 nitrogen and oxygen atoms in total. The lowest BCUT2D eigenvalue weighted by atomic mass is 9.82. The zero-order valence-corrected chi connectivity index (χ0v) is 13.5. The summed E-state index contributed by atoms with van der Waals surface area (Å²) in [5.74, 6) is 0.561. The first-order chi connectivity index (χ1) is 9.18. The summed E-state index contributed by atoms with van der Waals surface area (Å²) in [4.78, 5) is 22.8. The van der Waals surface area contributed by atoms with Crippen LogP contribution in [0.15, 0.2) is 12.2 Å². The first-order valence-electron chi connectivity index (χ1n) is 7.27. The van der Waals surface area contributed by atoms with Gasteiger partial charge < -0.3 is 10.1 Å². The number of allylic oxidation sites excluding steroid dienone is 1. The smallest absolute Gasteiger partial charge is 0.407 e. The third-order valence-electron chi connectivity index (χ3n) is 3.35. The molecule has 0 fully saturated rings. The van der Waals surface area contributed by atoms with Crippen LogP contribution in [0.2, 0.25) is 0 Å². The maximum atomic E-state index is 11.5. The highest BCUT2D eigenvalue weighted by atomic mass is 16.5. The summed E-state index contributed by atoms with van der Waals surface area (Å²) in [7, 11) is 0. The standard InChI is InChI=1S/C16H29NO3/c1-7-13(4)10-16(5,6)11-17-15(19)20-9-8-14(18)12(2)3/h13H,2,7-11H2,1,3-6H3,(H,17,19). The van der Waals surface area contributed by atoms with Gasteiger partial charge in [0.1, 0.15) is 6.61 Å². The van der Waals surface area contributed by atoms with Crippen LogP contribution in [0.25, 0.3) is 0 Å². The molecule has 1 unspecified atom stereocenters. The van der Waals surface area contributed by atoms with Crippen molar-refractivity contribution in [3.63, 3.8) is 0 Å². The van der Waals surface area contributed by atoms with E-state index in [1.165, 1.54) is 0 Å². The first kappa shape index (κ1) is 18.7. The van der Waals surface area contributed by atoms with E-state index in [0.717, 1.165) is 12.8 Å². The summed E-state index contributed by atoms with van der Waals surface area (Å²) in [6.45, 7) is 14.5. The number of Topliss-reactive ketones (excluding diaryl/α,β-unsaturated/α-hetero) is 1. The molecule has 1 amide bonds. The molecule has 0 aliphatic heterocycles. The molecule has 0 aromatic carbocycles. The summed E-state index contributed by atoms with van der Waals surface area (Å²) < 4.78 is 4.98. The van der Waals surface area contributed by atoms with E-state index in [2.05, 4.69) is 39.6 Å².